The molecule has 3 N–H and O–H groups in total. The summed E-state index contributed by atoms with van der Waals surface area (Å²) >= 11 is 0. The van der Waals surface area contributed by atoms with Crippen molar-refractivity contribution < 1.29 is 5.11 Å². The molecule has 1 saturated carbocycles. The van der Waals surface area contributed by atoms with Gasteiger partial charge in [0.15, 0.2) is 5.96 Å². The van der Waals surface area contributed by atoms with Crippen molar-refractivity contribution in [3.63, 3.8) is 0 Å². The Bertz CT molecular complexity index is 501. The minimum Gasteiger partial charge on any atom is -0.393 e. The molecule has 0 aliphatic heterocycles. The summed E-state index contributed by atoms with van der Waals surface area (Å²) in [6.45, 7) is 8.14. The first-order valence-corrected chi connectivity index (χ1v) is 9.23. The van der Waals surface area contributed by atoms with Crippen LogP contribution in [0.2, 0.25) is 0 Å². The fourth-order valence-corrected chi connectivity index (χ4v) is 3.22. The molecule has 0 bridgehead atoms. The number of nitrogens with one attached hydrogen (secondary N) is 2. The molecule has 1 aliphatic rings. The molecule has 1 unspecified atom stereocenters. The van der Waals surface area contributed by atoms with Gasteiger partial charge in [0.05, 0.1) is 6.10 Å². The third-order valence-corrected chi connectivity index (χ3v) is 4.75. The first kappa shape index (κ1) is 22.2. The van der Waals surface area contributed by atoms with Crippen LogP contribution in [0.25, 0.3) is 0 Å². The second kappa shape index (κ2) is 11.7. The molecule has 0 amide bonds. The second-order valence-corrected chi connectivity index (χ2v) is 7.01. The van der Waals surface area contributed by atoms with Crippen LogP contribution in [0, 0.1) is 5.92 Å². The van der Waals surface area contributed by atoms with Crippen LogP contribution in [-0.2, 0) is 0 Å². The lowest BCUT2D eigenvalue weighted by molar-refractivity contribution is 0.120. The number of aliphatic imine (C=N–C) groups is 1. The molecule has 142 valence electrons. The van der Waals surface area contributed by atoms with Crippen LogP contribution in [0.3, 0.4) is 0 Å². The van der Waals surface area contributed by atoms with Crippen LogP contribution in [0.15, 0.2) is 29.5 Å². The van der Waals surface area contributed by atoms with E-state index in [9.17, 15) is 5.11 Å². The monoisotopic (exact) mass is 460 g/mol. The van der Waals surface area contributed by atoms with Crippen LogP contribution in [0.5, 0.6) is 0 Å². The first-order valence-electron chi connectivity index (χ1n) is 9.23. The van der Waals surface area contributed by atoms with Gasteiger partial charge in [-0.05, 0) is 50.2 Å². The number of pyridine rings is 1. The quantitative estimate of drug-likeness (QED) is 0.346. The van der Waals surface area contributed by atoms with Crippen molar-refractivity contribution in [2.45, 2.75) is 64.5 Å². The molecule has 5 nitrogen and oxygen atoms in total. The van der Waals surface area contributed by atoms with Crippen molar-refractivity contribution in [2.24, 2.45) is 10.9 Å². The van der Waals surface area contributed by atoms with Gasteiger partial charge in [-0.2, -0.15) is 0 Å². The van der Waals surface area contributed by atoms with Gasteiger partial charge in [-0.1, -0.05) is 19.9 Å². The average molecular weight is 460 g/mol. The Balaban J connectivity index is 0.00000312. The lowest BCUT2D eigenvalue weighted by Gasteiger charge is -2.28. The standard InChI is InChI=1S/C19H32N4O.HI/c1-4-21-19(23-16-7-9-17(24)10-8-16)22-13-18(14(2)3)15-6-5-11-20-12-15;/h5-6,11-12,14,16-18,24H,4,7-10,13H2,1-3H3,(H2,21,22,23);1H. The van der Waals surface area contributed by atoms with E-state index in [1.807, 2.05) is 18.5 Å². The summed E-state index contributed by atoms with van der Waals surface area (Å²) in [4.78, 5) is 9.08. The number of aliphatic hydroxyl groups is 1. The molecule has 0 spiro atoms. The molecule has 2 rings (SSSR count). The zero-order valence-electron chi connectivity index (χ0n) is 15.6. The zero-order chi connectivity index (χ0) is 17.4. The summed E-state index contributed by atoms with van der Waals surface area (Å²) in [5.74, 6) is 1.75. The molecule has 1 aromatic heterocycles. The molecule has 25 heavy (non-hydrogen) atoms. The smallest absolute Gasteiger partial charge is 0.191 e. The van der Waals surface area contributed by atoms with Crippen molar-refractivity contribution in [3.8, 4) is 0 Å². The molecule has 0 radical (unpaired) electrons. The van der Waals surface area contributed by atoms with Gasteiger partial charge in [-0.25, -0.2) is 0 Å². The lowest BCUT2D eigenvalue weighted by atomic mass is 9.89. The Kier molecular flexibility index (Phi) is 10.3. The predicted molar refractivity (Wildman–Crippen MR) is 115 cm³/mol. The molecular formula is C19H33IN4O. The van der Waals surface area contributed by atoms with Crippen LogP contribution >= 0.6 is 24.0 Å². The highest BCUT2D eigenvalue weighted by Gasteiger charge is 2.21. The number of nitrogens with zero attached hydrogens (tertiary/aromatic N) is 2. The Labute approximate surface area is 169 Å². The number of hydrogen-bond acceptors (Lipinski definition) is 3. The molecule has 1 fully saturated rings. The SMILES string of the molecule is CCNC(=NCC(c1cccnc1)C(C)C)NC1CCC(O)CC1.I. The normalized spacial score (nSPS) is 22.2. The molecule has 1 heterocycles. The summed E-state index contributed by atoms with van der Waals surface area (Å²) in [5, 5.41) is 16.5. The van der Waals surface area contributed by atoms with Gasteiger partial charge in [0.25, 0.3) is 0 Å². The number of aromatic nitrogens is 1. The fourth-order valence-electron chi connectivity index (χ4n) is 3.22. The van der Waals surface area contributed by atoms with E-state index < -0.39 is 0 Å². The number of rotatable bonds is 6. The molecule has 1 aliphatic carbocycles. The topological polar surface area (TPSA) is 69.5 Å². The molecule has 1 aromatic rings. The Morgan fingerprint density at radius 3 is 2.60 bits per heavy atom. The highest BCUT2D eigenvalue weighted by atomic mass is 127. The molecule has 0 saturated heterocycles. The van der Waals surface area contributed by atoms with Crippen molar-refractivity contribution >= 4 is 29.9 Å². The van der Waals surface area contributed by atoms with Gasteiger partial charge in [-0.3, -0.25) is 9.98 Å². The third-order valence-electron chi connectivity index (χ3n) is 4.75. The lowest BCUT2D eigenvalue weighted by Crippen LogP contribution is -2.45. The maximum Gasteiger partial charge on any atom is 0.191 e. The maximum absolute atomic E-state index is 9.65. The van der Waals surface area contributed by atoms with Crippen LogP contribution < -0.4 is 10.6 Å². The van der Waals surface area contributed by atoms with E-state index >= 15 is 0 Å². The minimum atomic E-state index is -0.126. The largest absolute Gasteiger partial charge is 0.393 e. The second-order valence-electron chi connectivity index (χ2n) is 7.01. The Morgan fingerprint density at radius 1 is 1.32 bits per heavy atom. The van der Waals surface area contributed by atoms with Crippen molar-refractivity contribution in [1.29, 1.82) is 0 Å². The summed E-state index contributed by atoms with van der Waals surface area (Å²) in [7, 11) is 0. The van der Waals surface area contributed by atoms with Crippen LogP contribution in [-0.4, -0.2) is 41.3 Å². The Hall–Kier alpha value is -0.890. The van der Waals surface area contributed by atoms with Gasteiger partial charge in [0, 0.05) is 37.4 Å². The first-order chi connectivity index (χ1) is 11.6. The fraction of sp³-hybridized carbons (Fsp3) is 0.684. The van der Waals surface area contributed by atoms with E-state index in [-0.39, 0.29) is 30.1 Å². The summed E-state index contributed by atoms with van der Waals surface area (Å²) in [6.07, 6.45) is 7.39. The molecular weight excluding hydrogens is 427 g/mol. The summed E-state index contributed by atoms with van der Waals surface area (Å²) < 4.78 is 0. The molecule has 6 heteroatoms. The molecule has 1 atom stereocenters. The highest BCUT2D eigenvalue weighted by Crippen LogP contribution is 2.24. The number of halogens is 1. The van der Waals surface area contributed by atoms with Crippen molar-refractivity contribution in [1.82, 2.24) is 15.6 Å². The van der Waals surface area contributed by atoms with Gasteiger partial charge in [0.2, 0.25) is 0 Å². The number of aliphatic hydroxyl groups excluding tert-OH is 1. The Morgan fingerprint density at radius 2 is 2.04 bits per heavy atom. The maximum atomic E-state index is 9.65. The number of guanidine groups is 1. The zero-order valence-corrected chi connectivity index (χ0v) is 17.9. The highest BCUT2D eigenvalue weighted by molar-refractivity contribution is 14.0. The van der Waals surface area contributed by atoms with Gasteiger partial charge < -0.3 is 15.7 Å². The van der Waals surface area contributed by atoms with Gasteiger partial charge in [-0.15, -0.1) is 24.0 Å². The summed E-state index contributed by atoms with van der Waals surface area (Å²) in [5.41, 5.74) is 1.24. The van der Waals surface area contributed by atoms with E-state index in [4.69, 9.17) is 4.99 Å². The van der Waals surface area contributed by atoms with Crippen LogP contribution in [0.4, 0.5) is 0 Å². The number of hydrogen-bond donors (Lipinski definition) is 3. The predicted octanol–water partition coefficient (Wildman–Crippen LogP) is 3.30. The van der Waals surface area contributed by atoms with E-state index in [1.165, 1.54) is 5.56 Å². The van der Waals surface area contributed by atoms with Crippen LogP contribution in [0.1, 0.15) is 57.9 Å². The molecule has 0 aromatic carbocycles. The van der Waals surface area contributed by atoms with Crippen molar-refractivity contribution in [2.75, 3.05) is 13.1 Å². The van der Waals surface area contributed by atoms with E-state index in [0.29, 0.717) is 17.9 Å². The third kappa shape index (κ3) is 7.48. The van der Waals surface area contributed by atoms with E-state index in [2.05, 4.69) is 42.5 Å². The van der Waals surface area contributed by atoms with Gasteiger partial charge >= 0.3 is 0 Å². The van der Waals surface area contributed by atoms with Gasteiger partial charge in [0.1, 0.15) is 0 Å². The minimum absolute atomic E-state index is 0. The summed E-state index contributed by atoms with van der Waals surface area (Å²) in [6, 6.07) is 4.53. The van der Waals surface area contributed by atoms with E-state index in [0.717, 1.165) is 44.7 Å². The average Bonchev–Trinajstić information content (AvgIpc) is 2.58. The van der Waals surface area contributed by atoms with Crippen molar-refractivity contribution in [3.05, 3.63) is 30.1 Å². The van der Waals surface area contributed by atoms with E-state index in [1.54, 1.807) is 0 Å².